The first-order chi connectivity index (χ1) is 8.52. The van der Waals surface area contributed by atoms with Crippen LogP contribution >= 0.6 is 27.5 Å². The van der Waals surface area contributed by atoms with Crippen molar-refractivity contribution in [2.75, 3.05) is 20.1 Å². The number of nitrogens with zero attached hydrogens (tertiary/aromatic N) is 1. The summed E-state index contributed by atoms with van der Waals surface area (Å²) in [6.45, 7) is 1.25. The van der Waals surface area contributed by atoms with Crippen LogP contribution < -0.4 is 5.32 Å². The highest BCUT2D eigenvalue weighted by Gasteiger charge is 2.27. The summed E-state index contributed by atoms with van der Waals surface area (Å²) in [5.74, 6) is -0.872. The first-order valence-electron chi connectivity index (χ1n) is 5.64. The van der Waals surface area contributed by atoms with Gasteiger partial charge in [-0.3, -0.25) is 4.79 Å². The van der Waals surface area contributed by atoms with E-state index in [1.807, 2.05) is 7.05 Å². The van der Waals surface area contributed by atoms with E-state index < -0.39 is 5.82 Å². The van der Waals surface area contributed by atoms with Gasteiger partial charge in [-0.25, -0.2) is 4.39 Å². The molecule has 0 aromatic heterocycles. The molecule has 98 valence electrons. The van der Waals surface area contributed by atoms with Gasteiger partial charge in [0.25, 0.3) is 5.91 Å². The first-order valence-corrected chi connectivity index (χ1v) is 6.81. The van der Waals surface area contributed by atoms with Gasteiger partial charge >= 0.3 is 0 Å². The second-order valence-electron chi connectivity index (χ2n) is 4.27. The van der Waals surface area contributed by atoms with Crippen LogP contribution in [0.4, 0.5) is 4.39 Å². The van der Waals surface area contributed by atoms with Gasteiger partial charge < -0.3 is 10.2 Å². The number of carbonyl (C=O) groups is 1. The maximum atomic E-state index is 13.7. The van der Waals surface area contributed by atoms with Gasteiger partial charge in [0, 0.05) is 23.6 Å². The number of amides is 1. The number of carbonyl (C=O) groups excluding carboxylic acids is 1. The van der Waals surface area contributed by atoms with Crippen molar-refractivity contribution in [1.29, 1.82) is 0 Å². The van der Waals surface area contributed by atoms with Gasteiger partial charge in [-0.05, 0) is 41.5 Å². The van der Waals surface area contributed by atoms with Crippen LogP contribution in [0, 0.1) is 5.82 Å². The van der Waals surface area contributed by atoms with Gasteiger partial charge in [0.2, 0.25) is 0 Å². The van der Waals surface area contributed by atoms with Crippen molar-refractivity contribution in [3.05, 3.63) is 33.0 Å². The predicted octanol–water partition coefficient (Wildman–Crippen LogP) is 2.68. The maximum absolute atomic E-state index is 13.7. The van der Waals surface area contributed by atoms with Gasteiger partial charge in [0.15, 0.2) is 0 Å². The van der Waals surface area contributed by atoms with Crippen molar-refractivity contribution in [2.45, 2.75) is 12.5 Å². The lowest BCUT2D eigenvalue weighted by atomic mass is 10.2. The Balaban J connectivity index is 2.22. The summed E-state index contributed by atoms with van der Waals surface area (Å²) < 4.78 is 14.3. The standard InChI is InChI=1S/C12H13BrClFN2O/c1-16-7-2-3-17(6-7)12(18)8-4-9(13)10(14)5-11(8)15/h4-5,7,16H,2-3,6H2,1H3. The molecule has 0 bridgehead atoms. The summed E-state index contributed by atoms with van der Waals surface area (Å²) in [4.78, 5) is 13.8. The van der Waals surface area contributed by atoms with E-state index in [9.17, 15) is 9.18 Å². The molecular formula is C12H13BrClFN2O. The van der Waals surface area contributed by atoms with Crippen molar-refractivity contribution in [3.63, 3.8) is 0 Å². The lowest BCUT2D eigenvalue weighted by Gasteiger charge is -2.17. The summed E-state index contributed by atoms with van der Waals surface area (Å²) in [6.07, 6.45) is 0.888. The molecule has 1 atom stereocenters. The molecule has 2 rings (SSSR count). The Bertz CT molecular complexity index is 483. The molecule has 0 saturated carbocycles. The van der Waals surface area contributed by atoms with Crippen LogP contribution in [0.3, 0.4) is 0 Å². The van der Waals surface area contributed by atoms with Crippen molar-refractivity contribution < 1.29 is 9.18 Å². The lowest BCUT2D eigenvalue weighted by Crippen LogP contribution is -2.33. The molecule has 1 aromatic carbocycles. The molecule has 1 aromatic rings. The number of halogens is 3. The SMILES string of the molecule is CNC1CCN(C(=O)c2cc(Br)c(Cl)cc2F)C1. The summed E-state index contributed by atoms with van der Waals surface area (Å²) >= 11 is 8.98. The minimum atomic E-state index is -0.582. The smallest absolute Gasteiger partial charge is 0.256 e. The van der Waals surface area contributed by atoms with Crippen LogP contribution in [0.2, 0.25) is 5.02 Å². The van der Waals surface area contributed by atoms with Crippen LogP contribution in [0.25, 0.3) is 0 Å². The van der Waals surface area contributed by atoms with Crippen LogP contribution in [-0.2, 0) is 0 Å². The molecule has 1 unspecified atom stereocenters. The Morgan fingerprint density at radius 2 is 2.33 bits per heavy atom. The molecule has 18 heavy (non-hydrogen) atoms. The Hall–Kier alpha value is -0.650. The van der Waals surface area contributed by atoms with E-state index >= 15 is 0 Å². The van der Waals surface area contributed by atoms with Crippen LogP contribution in [0.1, 0.15) is 16.8 Å². The average molecular weight is 336 g/mol. The Kier molecular flexibility index (Phi) is 4.25. The van der Waals surface area contributed by atoms with Gasteiger partial charge in [-0.2, -0.15) is 0 Å². The van der Waals surface area contributed by atoms with Gasteiger partial charge in [0.1, 0.15) is 5.82 Å². The quantitative estimate of drug-likeness (QED) is 0.843. The van der Waals surface area contributed by atoms with E-state index in [1.54, 1.807) is 4.90 Å². The second kappa shape index (κ2) is 5.55. The van der Waals surface area contributed by atoms with E-state index in [0.717, 1.165) is 12.5 Å². The fourth-order valence-electron chi connectivity index (χ4n) is 2.04. The highest BCUT2D eigenvalue weighted by Crippen LogP contribution is 2.27. The lowest BCUT2D eigenvalue weighted by molar-refractivity contribution is 0.0785. The third-order valence-corrected chi connectivity index (χ3v) is 4.32. The van der Waals surface area contributed by atoms with E-state index in [4.69, 9.17) is 11.6 Å². The number of likely N-dealkylation sites (tertiary alicyclic amines) is 1. The summed E-state index contributed by atoms with van der Waals surface area (Å²) in [5.41, 5.74) is 0.0584. The Labute approximate surface area is 118 Å². The van der Waals surface area contributed by atoms with E-state index in [0.29, 0.717) is 17.6 Å². The number of benzene rings is 1. The second-order valence-corrected chi connectivity index (χ2v) is 5.53. The molecule has 1 heterocycles. The van der Waals surface area contributed by atoms with Crippen molar-refractivity contribution in [3.8, 4) is 0 Å². The molecule has 1 aliphatic rings. The third-order valence-electron chi connectivity index (χ3n) is 3.12. The van der Waals surface area contributed by atoms with Crippen LogP contribution in [0.15, 0.2) is 16.6 Å². The zero-order chi connectivity index (χ0) is 13.3. The molecule has 1 N–H and O–H groups in total. The molecule has 0 aliphatic carbocycles. The zero-order valence-corrected chi connectivity index (χ0v) is 12.2. The van der Waals surface area contributed by atoms with E-state index in [1.165, 1.54) is 6.07 Å². The van der Waals surface area contributed by atoms with Crippen molar-refractivity contribution >= 4 is 33.4 Å². The van der Waals surface area contributed by atoms with Crippen LogP contribution in [-0.4, -0.2) is 37.0 Å². The molecular weight excluding hydrogens is 322 g/mol. The molecule has 1 saturated heterocycles. The fourth-order valence-corrected chi connectivity index (χ4v) is 2.53. The maximum Gasteiger partial charge on any atom is 0.256 e. The largest absolute Gasteiger partial charge is 0.337 e. The normalized spacial score (nSPS) is 19.3. The number of likely N-dealkylation sites (N-methyl/N-ethyl adjacent to an activating group) is 1. The topological polar surface area (TPSA) is 32.3 Å². The number of hydrogen-bond acceptors (Lipinski definition) is 2. The Morgan fingerprint density at radius 3 is 2.94 bits per heavy atom. The summed E-state index contributed by atoms with van der Waals surface area (Å²) in [7, 11) is 1.86. The molecule has 3 nitrogen and oxygen atoms in total. The van der Waals surface area contributed by atoms with Gasteiger partial charge in [-0.1, -0.05) is 11.6 Å². The van der Waals surface area contributed by atoms with Gasteiger partial charge in [-0.15, -0.1) is 0 Å². The Morgan fingerprint density at radius 1 is 1.61 bits per heavy atom. The molecule has 6 heteroatoms. The molecule has 0 radical (unpaired) electrons. The minimum Gasteiger partial charge on any atom is -0.337 e. The van der Waals surface area contributed by atoms with Crippen molar-refractivity contribution in [1.82, 2.24) is 10.2 Å². The predicted molar refractivity (Wildman–Crippen MR) is 72.5 cm³/mol. The van der Waals surface area contributed by atoms with E-state index in [2.05, 4.69) is 21.2 Å². The van der Waals surface area contributed by atoms with Crippen molar-refractivity contribution in [2.24, 2.45) is 0 Å². The number of rotatable bonds is 2. The highest BCUT2D eigenvalue weighted by atomic mass is 79.9. The third kappa shape index (κ3) is 2.68. The number of hydrogen-bond donors (Lipinski definition) is 1. The zero-order valence-electron chi connectivity index (χ0n) is 9.84. The van der Waals surface area contributed by atoms with Crippen LogP contribution in [0.5, 0.6) is 0 Å². The van der Waals surface area contributed by atoms with Gasteiger partial charge in [0.05, 0.1) is 10.6 Å². The first kappa shape index (κ1) is 13.8. The van der Waals surface area contributed by atoms with E-state index in [-0.39, 0.29) is 22.5 Å². The molecule has 1 amide bonds. The fraction of sp³-hybridized carbons (Fsp3) is 0.417. The molecule has 1 aliphatic heterocycles. The average Bonchev–Trinajstić information content (AvgIpc) is 2.81. The molecule has 0 spiro atoms. The molecule has 1 fully saturated rings. The summed E-state index contributed by atoms with van der Waals surface area (Å²) in [5, 5.41) is 3.38. The monoisotopic (exact) mass is 334 g/mol. The minimum absolute atomic E-state index is 0.0584. The highest BCUT2D eigenvalue weighted by molar-refractivity contribution is 9.10. The number of nitrogens with one attached hydrogen (secondary N) is 1. The summed E-state index contributed by atoms with van der Waals surface area (Å²) in [6, 6.07) is 2.88.